The lowest BCUT2D eigenvalue weighted by Crippen LogP contribution is -2.28. The SMILES string of the molecule is Cc1nc(C(=O)NC(C)c2ccnc(NC(=O)C3CC3)c2)ccc1OCC(F)(F)F. The van der Waals surface area contributed by atoms with Gasteiger partial charge >= 0.3 is 6.18 Å². The molecule has 0 aromatic carbocycles. The van der Waals surface area contributed by atoms with Gasteiger partial charge in [0.05, 0.1) is 11.7 Å². The Morgan fingerprint density at radius 3 is 2.63 bits per heavy atom. The van der Waals surface area contributed by atoms with E-state index in [1.54, 1.807) is 19.1 Å². The van der Waals surface area contributed by atoms with E-state index in [1.165, 1.54) is 25.3 Å². The number of carbonyl (C=O) groups is 2. The number of aryl methyl sites for hydroxylation is 1. The van der Waals surface area contributed by atoms with Gasteiger partial charge in [0.2, 0.25) is 5.91 Å². The molecule has 30 heavy (non-hydrogen) atoms. The smallest absolute Gasteiger partial charge is 0.422 e. The molecular formula is C20H21F3N4O3. The maximum atomic E-state index is 12.5. The van der Waals surface area contributed by atoms with Crippen LogP contribution in [0.3, 0.4) is 0 Å². The first-order valence-electron chi connectivity index (χ1n) is 9.37. The Labute approximate surface area is 171 Å². The number of rotatable bonds is 7. The van der Waals surface area contributed by atoms with Gasteiger partial charge in [0.15, 0.2) is 6.61 Å². The number of aromatic nitrogens is 2. The van der Waals surface area contributed by atoms with Gasteiger partial charge < -0.3 is 15.4 Å². The zero-order chi connectivity index (χ0) is 21.9. The van der Waals surface area contributed by atoms with Gasteiger partial charge in [-0.25, -0.2) is 9.97 Å². The Bertz CT molecular complexity index is 945. The Hall–Kier alpha value is -3.17. The molecule has 2 N–H and O–H groups in total. The van der Waals surface area contributed by atoms with Crippen LogP contribution in [0.5, 0.6) is 5.75 Å². The standard InChI is InChI=1S/C20H21F3N4O3/c1-11(14-7-8-24-17(9-14)27-18(28)13-3-4-13)26-19(29)15-5-6-16(12(2)25-15)30-10-20(21,22)23/h5-9,11,13H,3-4,10H2,1-2H3,(H,26,29)(H,24,27,28). The maximum Gasteiger partial charge on any atom is 0.422 e. The molecule has 10 heteroatoms. The fourth-order valence-electron chi connectivity index (χ4n) is 2.70. The molecule has 3 rings (SSSR count). The molecule has 0 aliphatic heterocycles. The minimum absolute atomic E-state index is 0.0397. The molecule has 7 nitrogen and oxygen atoms in total. The minimum Gasteiger partial charge on any atom is -0.482 e. The van der Waals surface area contributed by atoms with Crippen molar-refractivity contribution in [1.82, 2.24) is 15.3 Å². The van der Waals surface area contributed by atoms with Crippen LogP contribution in [0.25, 0.3) is 0 Å². The molecule has 160 valence electrons. The Morgan fingerprint density at radius 2 is 2.00 bits per heavy atom. The summed E-state index contributed by atoms with van der Waals surface area (Å²) >= 11 is 0. The Kier molecular flexibility index (Phi) is 6.23. The van der Waals surface area contributed by atoms with Crippen LogP contribution in [-0.4, -0.2) is 34.6 Å². The first-order chi connectivity index (χ1) is 14.1. The van der Waals surface area contributed by atoms with E-state index in [1.807, 2.05) is 0 Å². The number of nitrogens with zero attached hydrogens (tertiary/aromatic N) is 2. The van der Waals surface area contributed by atoms with Crippen molar-refractivity contribution in [2.24, 2.45) is 5.92 Å². The number of halogens is 3. The van der Waals surface area contributed by atoms with Crippen molar-refractivity contribution < 1.29 is 27.5 Å². The molecule has 1 saturated carbocycles. The molecule has 1 aliphatic carbocycles. The molecule has 1 fully saturated rings. The maximum absolute atomic E-state index is 12.5. The molecule has 2 amide bonds. The van der Waals surface area contributed by atoms with E-state index < -0.39 is 24.7 Å². The lowest BCUT2D eigenvalue weighted by molar-refractivity contribution is -0.153. The number of carbonyl (C=O) groups excluding carboxylic acids is 2. The lowest BCUT2D eigenvalue weighted by atomic mass is 10.1. The van der Waals surface area contributed by atoms with Crippen molar-refractivity contribution in [1.29, 1.82) is 0 Å². The summed E-state index contributed by atoms with van der Waals surface area (Å²) in [4.78, 5) is 32.5. The first kappa shape index (κ1) is 21.5. The molecule has 1 atom stereocenters. The predicted octanol–water partition coefficient (Wildman–Crippen LogP) is 3.57. The molecule has 2 aromatic rings. The van der Waals surface area contributed by atoms with Crippen molar-refractivity contribution in [2.75, 3.05) is 11.9 Å². The van der Waals surface area contributed by atoms with Gasteiger partial charge in [0.25, 0.3) is 5.91 Å². The number of hydrogen-bond donors (Lipinski definition) is 2. The number of amides is 2. The molecule has 1 aliphatic rings. The van der Waals surface area contributed by atoms with Crippen molar-refractivity contribution >= 4 is 17.6 Å². The second kappa shape index (κ2) is 8.68. The number of anilines is 1. The van der Waals surface area contributed by atoms with E-state index in [2.05, 4.69) is 20.6 Å². The van der Waals surface area contributed by atoms with Gasteiger partial charge in [-0.1, -0.05) is 0 Å². The summed E-state index contributed by atoms with van der Waals surface area (Å²) in [5, 5.41) is 5.52. The fourth-order valence-corrected chi connectivity index (χ4v) is 2.70. The highest BCUT2D eigenvalue weighted by atomic mass is 19.4. The molecule has 2 heterocycles. The fraction of sp³-hybridized carbons (Fsp3) is 0.400. The van der Waals surface area contributed by atoms with E-state index in [9.17, 15) is 22.8 Å². The Morgan fingerprint density at radius 1 is 1.27 bits per heavy atom. The van der Waals surface area contributed by atoms with Gasteiger partial charge in [0, 0.05) is 12.1 Å². The summed E-state index contributed by atoms with van der Waals surface area (Å²) in [5.74, 6) is -0.144. The van der Waals surface area contributed by atoms with Crippen LogP contribution in [0, 0.1) is 12.8 Å². The Balaban J connectivity index is 1.62. The lowest BCUT2D eigenvalue weighted by Gasteiger charge is -2.16. The summed E-state index contributed by atoms with van der Waals surface area (Å²) in [7, 11) is 0. The van der Waals surface area contributed by atoms with E-state index >= 15 is 0 Å². The predicted molar refractivity (Wildman–Crippen MR) is 102 cm³/mol. The van der Waals surface area contributed by atoms with Crippen LogP contribution >= 0.6 is 0 Å². The third-order valence-corrected chi connectivity index (χ3v) is 4.49. The largest absolute Gasteiger partial charge is 0.482 e. The highest BCUT2D eigenvalue weighted by molar-refractivity contribution is 5.93. The zero-order valence-corrected chi connectivity index (χ0v) is 16.4. The summed E-state index contributed by atoms with van der Waals surface area (Å²) in [6.07, 6.45) is -1.16. The zero-order valence-electron chi connectivity index (χ0n) is 16.4. The van der Waals surface area contributed by atoms with E-state index in [4.69, 9.17) is 4.74 Å². The molecule has 0 radical (unpaired) electrons. The third kappa shape index (κ3) is 5.91. The van der Waals surface area contributed by atoms with Crippen LogP contribution in [0.4, 0.5) is 19.0 Å². The van der Waals surface area contributed by atoms with Crippen LogP contribution in [0.1, 0.15) is 47.6 Å². The summed E-state index contributed by atoms with van der Waals surface area (Å²) in [6, 6.07) is 5.56. The van der Waals surface area contributed by atoms with Gasteiger partial charge in [-0.05, 0) is 56.5 Å². The van der Waals surface area contributed by atoms with Crippen molar-refractivity contribution in [3.63, 3.8) is 0 Å². The van der Waals surface area contributed by atoms with Gasteiger partial charge in [0.1, 0.15) is 17.3 Å². The van der Waals surface area contributed by atoms with E-state index in [-0.39, 0.29) is 29.0 Å². The monoisotopic (exact) mass is 422 g/mol. The van der Waals surface area contributed by atoms with Crippen molar-refractivity contribution in [2.45, 2.75) is 38.9 Å². The third-order valence-electron chi connectivity index (χ3n) is 4.49. The number of nitrogens with one attached hydrogen (secondary N) is 2. The van der Waals surface area contributed by atoms with Crippen LogP contribution in [-0.2, 0) is 4.79 Å². The second-order valence-corrected chi connectivity index (χ2v) is 7.12. The summed E-state index contributed by atoms with van der Waals surface area (Å²) in [5.41, 5.74) is 0.954. The van der Waals surface area contributed by atoms with Crippen molar-refractivity contribution in [3.8, 4) is 5.75 Å². The van der Waals surface area contributed by atoms with Crippen LogP contribution in [0.2, 0.25) is 0 Å². The van der Waals surface area contributed by atoms with Gasteiger partial charge in [-0.3, -0.25) is 9.59 Å². The topological polar surface area (TPSA) is 93.2 Å². The average molecular weight is 422 g/mol. The highest BCUT2D eigenvalue weighted by Gasteiger charge is 2.30. The number of ether oxygens (including phenoxy) is 1. The number of hydrogen-bond acceptors (Lipinski definition) is 5. The molecule has 0 spiro atoms. The molecule has 0 bridgehead atoms. The minimum atomic E-state index is -4.46. The quantitative estimate of drug-likeness (QED) is 0.712. The molecule has 2 aromatic heterocycles. The van der Waals surface area contributed by atoms with E-state index in [0.717, 1.165) is 18.4 Å². The molecule has 1 unspecified atom stereocenters. The van der Waals surface area contributed by atoms with Crippen LogP contribution < -0.4 is 15.4 Å². The van der Waals surface area contributed by atoms with E-state index in [0.29, 0.717) is 5.82 Å². The van der Waals surface area contributed by atoms with Gasteiger partial charge in [-0.15, -0.1) is 0 Å². The first-order valence-corrected chi connectivity index (χ1v) is 9.37. The summed E-state index contributed by atoms with van der Waals surface area (Å²) < 4.78 is 41.6. The normalized spacial score (nSPS) is 14.7. The summed E-state index contributed by atoms with van der Waals surface area (Å²) in [6.45, 7) is 1.79. The number of pyridine rings is 2. The highest BCUT2D eigenvalue weighted by Crippen LogP contribution is 2.30. The second-order valence-electron chi connectivity index (χ2n) is 7.12. The molecular weight excluding hydrogens is 401 g/mol. The van der Waals surface area contributed by atoms with Gasteiger partial charge in [-0.2, -0.15) is 13.2 Å². The molecule has 0 saturated heterocycles. The van der Waals surface area contributed by atoms with Crippen LogP contribution in [0.15, 0.2) is 30.5 Å². The average Bonchev–Trinajstić information content (AvgIpc) is 3.51. The number of alkyl halides is 3. The van der Waals surface area contributed by atoms with Crippen molar-refractivity contribution in [3.05, 3.63) is 47.4 Å².